The minimum atomic E-state index is -4.73. The van der Waals surface area contributed by atoms with Crippen LogP contribution in [0, 0.1) is 6.92 Å². The number of ether oxygens (including phenoxy) is 3. The number of hydrogen-bond acceptors (Lipinski definition) is 7. The smallest absolute Gasteiger partial charge is 0.476 e. The van der Waals surface area contributed by atoms with Crippen LogP contribution in [-0.4, -0.2) is 47.2 Å². The Morgan fingerprint density at radius 3 is 2.58 bits per heavy atom. The van der Waals surface area contributed by atoms with Crippen LogP contribution < -0.4 is 14.8 Å². The highest BCUT2D eigenvalue weighted by Gasteiger charge is 2.31. The van der Waals surface area contributed by atoms with Crippen molar-refractivity contribution in [3.8, 4) is 11.8 Å². The van der Waals surface area contributed by atoms with Crippen LogP contribution in [0.5, 0.6) is 11.8 Å². The lowest BCUT2D eigenvalue weighted by atomic mass is 9.98. The molecule has 0 saturated carbocycles. The third kappa shape index (κ3) is 5.97. The summed E-state index contributed by atoms with van der Waals surface area (Å²) in [6.07, 6.45) is -2.83. The van der Waals surface area contributed by atoms with E-state index in [0.29, 0.717) is 17.9 Å². The van der Waals surface area contributed by atoms with Crippen molar-refractivity contribution in [2.24, 2.45) is 0 Å². The largest absolute Gasteiger partial charge is 0.573 e. The van der Waals surface area contributed by atoms with E-state index in [1.807, 2.05) is 0 Å². The summed E-state index contributed by atoms with van der Waals surface area (Å²) < 4.78 is 51.9. The van der Waals surface area contributed by atoms with Crippen LogP contribution in [0.3, 0.4) is 0 Å². The van der Waals surface area contributed by atoms with Gasteiger partial charge in [0.15, 0.2) is 5.69 Å². The van der Waals surface area contributed by atoms with Crippen LogP contribution in [0.1, 0.15) is 47.0 Å². The topological polar surface area (TPSA) is 103 Å². The second-order valence-corrected chi connectivity index (χ2v) is 7.01. The molecule has 1 aliphatic rings. The number of alkyl halides is 3. The quantitative estimate of drug-likeness (QED) is 0.662. The molecule has 0 aliphatic carbocycles. The summed E-state index contributed by atoms with van der Waals surface area (Å²) in [5.74, 6) is -1.13. The predicted molar refractivity (Wildman–Crippen MR) is 103 cm³/mol. The van der Waals surface area contributed by atoms with E-state index in [0.717, 1.165) is 24.8 Å². The number of benzene rings is 1. The maximum absolute atomic E-state index is 12.3. The highest BCUT2D eigenvalue weighted by atomic mass is 19.4. The maximum Gasteiger partial charge on any atom is 0.573 e. The zero-order valence-electron chi connectivity index (χ0n) is 16.9. The van der Waals surface area contributed by atoms with Crippen molar-refractivity contribution in [2.45, 2.75) is 44.8 Å². The fourth-order valence-corrected chi connectivity index (χ4v) is 3.36. The molecule has 2 heterocycles. The first-order valence-electron chi connectivity index (χ1n) is 9.57. The molecule has 1 aliphatic heterocycles. The fourth-order valence-electron chi connectivity index (χ4n) is 3.36. The predicted octanol–water partition coefficient (Wildman–Crippen LogP) is 4.11. The van der Waals surface area contributed by atoms with Gasteiger partial charge in [-0.3, -0.25) is 0 Å². The Labute approximate surface area is 176 Å². The molecule has 168 valence electrons. The highest BCUT2D eigenvalue weighted by Crippen LogP contribution is 2.33. The summed E-state index contributed by atoms with van der Waals surface area (Å²) in [4.78, 5) is 19.4. The number of nitrogens with zero attached hydrogens (tertiary/aromatic N) is 2. The molecule has 1 aromatic carbocycles. The molecule has 0 radical (unpaired) electrons. The summed E-state index contributed by atoms with van der Waals surface area (Å²) in [5.41, 5.74) is 0.978. The van der Waals surface area contributed by atoms with E-state index < -0.39 is 12.3 Å². The van der Waals surface area contributed by atoms with E-state index in [1.165, 1.54) is 19.2 Å². The summed E-state index contributed by atoms with van der Waals surface area (Å²) in [7, 11) is 1.35. The summed E-state index contributed by atoms with van der Waals surface area (Å²) >= 11 is 0. The van der Waals surface area contributed by atoms with Crippen LogP contribution >= 0.6 is 0 Å². The summed E-state index contributed by atoms with van der Waals surface area (Å²) in [6, 6.07) is 5.57. The van der Waals surface area contributed by atoms with E-state index in [9.17, 15) is 23.1 Å². The normalized spacial score (nSPS) is 19.0. The van der Waals surface area contributed by atoms with Crippen molar-refractivity contribution >= 4 is 11.8 Å². The number of rotatable bonds is 7. The lowest BCUT2D eigenvalue weighted by molar-refractivity contribution is -0.274. The molecule has 1 aromatic heterocycles. The number of carboxylic acids is 1. The minimum absolute atomic E-state index is 0.0610. The van der Waals surface area contributed by atoms with Crippen LogP contribution in [0.4, 0.5) is 19.0 Å². The average Bonchev–Trinajstić information content (AvgIpc) is 2.72. The molecule has 0 spiro atoms. The average molecular weight is 441 g/mol. The van der Waals surface area contributed by atoms with Crippen LogP contribution in [-0.2, 0) is 4.74 Å². The van der Waals surface area contributed by atoms with Crippen LogP contribution in [0.2, 0.25) is 0 Å². The van der Waals surface area contributed by atoms with Gasteiger partial charge in [-0.1, -0.05) is 12.1 Å². The van der Waals surface area contributed by atoms with E-state index in [2.05, 4.69) is 20.0 Å². The molecule has 2 atom stereocenters. The van der Waals surface area contributed by atoms with Gasteiger partial charge in [-0.2, -0.15) is 9.97 Å². The minimum Gasteiger partial charge on any atom is -0.476 e. The second-order valence-electron chi connectivity index (χ2n) is 7.01. The zero-order chi connectivity index (χ0) is 22.6. The Balaban J connectivity index is 1.64. The molecule has 1 fully saturated rings. The molecule has 2 aromatic rings. The van der Waals surface area contributed by atoms with Crippen molar-refractivity contribution in [2.75, 3.05) is 19.0 Å². The van der Waals surface area contributed by atoms with Gasteiger partial charge in [-0.05, 0) is 43.9 Å². The van der Waals surface area contributed by atoms with Crippen molar-refractivity contribution in [3.63, 3.8) is 0 Å². The number of halogens is 3. The first-order chi connectivity index (χ1) is 14.7. The first kappa shape index (κ1) is 22.6. The number of aromatic carboxylic acids is 1. The van der Waals surface area contributed by atoms with Gasteiger partial charge in [-0.25, -0.2) is 4.79 Å². The standard InChI is InChI=1S/C20H22F3N3O5/c1-11-16(18(27)28)25-19(29-2)26-17(11)24-10-14-4-3-5-15(30-14)12-6-8-13(9-7-12)31-20(21,22)23/h6-9,14-15H,3-5,10H2,1-2H3,(H,27,28)(H,24,25,26). The molecular formula is C20H22F3N3O5. The summed E-state index contributed by atoms with van der Waals surface area (Å²) in [5, 5.41) is 12.4. The van der Waals surface area contributed by atoms with Gasteiger partial charge in [0.05, 0.1) is 19.3 Å². The Kier molecular flexibility index (Phi) is 6.84. The molecule has 0 amide bonds. The Hall–Kier alpha value is -3.08. The molecule has 2 unspecified atom stereocenters. The van der Waals surface area contributed by atoms with Crippen LogP contribution in [0.25, 0.3) is 0 Å². The first-order valence-corrected chi connectivity index (χ1v) is 9.57. The monoisotopic (exact) mass is 441 g/mol. The fraction of sp³-hybridized carbons (Fsp3) is 0.450. The summed E-state index contributed by atoms with van der Waals surface area (Å²) in [6.45, 7) is 1.96. The zero-order valence-corrected chi connectivity index (χ0v) is 16.9. The van der Waals surface area contributed by atoms with Crippen molar-refractivity contribution in [1.29, 1.82) is 0 Å². The molecule has 11 heteroatoms. The number of methoxy groups -OCH3 is 1. The van der Waals surface area contributed by atoms with Gasteiger partial charge in [0.2, 0.25) is 0 Å². The number of anilines is 1. The van der Waals surface area contributed by atoms with Gasteiger partial charge in [-0.15, -0.1) is 13.2 Å². The molecule has 2 N–H and O–H groups in total. The third-order valence-corrected chi connectivity index (χ3v) is 4.84. The van der Waals surface area contributed by atoms with Gasteiger partial charge in [0.25, 0.3) is 0 Å². The van der Waals surface area contributed by atoms with Crippen LogP contribution in [0.15, 0.2) is 24.3 Å². The van der Waals surface area contributed by atoms with Gasteiger partial charge < -0.3 is 24.6 Å². The van der Waals surface area contributed by atoms with Gasteiger partial charge >= 0.3 is 18.3 Å². The van der Waals surface area contributed by atoms with E-state index in [4.69, 9.17) is 9.47 Å². The lowest BCUT2D eigenvalue weighted by Crippen LogP contribution is -2.29. The molecule has 1 saturated heterocycles. The number of aromatic nitrogens is 2. The van der Waals surface area contributed by atoms with Gasteiger partial charge in [0.1, 0.15) is 11.6 Å². The lowest BCUT2D eigenvalue weighted by Gasteiger charge is -2.31. The molecule has 31 heavy (non-hydrogen) atoms. The SMILES string of the molecule is COc1nc(NCC2CCCC(c3ccc(OC(F)(F)F)cc3)O2)c(C)c(C(=O)O)n1. The molecule has 0 bridgehead atoms. The third-order valence-electron chi connectivity index (χ3n) is 4.84. The number of nitrogens with one attached hydrogen (secondary N) is 1. The molecule has 3 rings (SSSR count). The highest BCUT2D eigenvalue weighted by molar-refractivity contribution is 5.88. The van der Waals surface area contributed by atoms with E-state index in [1.54, 1.807) is 19.1 Å². The molecule has 8 nitrogen and oxygen atoms in total. The van der Waals surface area contributed by atoms with Gasteiger partial charge in [0, 0.05) is 12.1 Å². The Morgan fingerprint density at radius 2 is 1.97 bits per heavy atom. The Bertz CT molecular complexity index is 922. The van der Waals surface area contributed by atoms with Crippen molar-refractivity contribution in [1.82, 2.24) is 9.97 Å². The van der Waals surface area contributed by atoms with E-state index >= 15 is 0 Å². The number of carbonyl (C=O) groups is 1. The Morgan fingerprint density at radius 1 is 1.26 bits per heavy atom. The maximum atomic E-state index is 12.3. The number of hydrogen-bond donors (Lipinski definition) is 2. The van der Waals surface area contributed by atoms with Crippen molar-refractivity contribution in [3.05, 3.63) is 41.1 Å². The van der Waals surface area contributed by atoms with E-state index in [-0.39, 0.29) is 29.7 Å². The molecular weight excluding hydrogens is 419 g/mol. The van der Waals surface area contributed by atoms with Crippen molar-refractivity contribution < 1.29 is 37.3 Å². The second kappa shape index (κ2) is 9.38. The number of carboxylic acid groups (broad SMARTS) is 1.